The fourth-order valence-electron chi connectivity index (χ4n) is 2.63. The number of nitrogens with one attached hydrogen (secondary N) is 1. The first-order valence-electron chi connectivity index (χ1n) is 9.01. The zero-order valence-electron chi connectivity index (χ0n) is 15.8. The molecule has 2 aromatic rings. The molecule has 1 amide bonds. The van der Waals surface area contributed by atoms with Gasteiger partial charge < -0.3 is 15.0 Å². The average Bonchev–Trinajstić information content (AvgIpc) is 2.67. The van der Waals surface area contributed by atoms with Crippen LogP contribution in [0.25, 0.3) is 0 Å². The number of likely N-dealkylation sites (N-methyl/N-ethyl adjacent to an activating group) is 1. The van der Waals surface area contributed by atoms with Gasteiger partial charge >= 0.3 is 0 Å². The van der Waals surface area contributed by atoms with Crippen LogP contribution in [0.15, 0.2) is 48.5 Å². The van der Waals surface area contributed by atoms with E-state index < -0.39 is 0 Å². The fraction of sp³-hybridized carbons (Fsp3) is 0.381. The molecule has 0 saturated carbocycles. The van der Waals surface area contributed by atoms with Gasteiger partial charge in [-0.05, 0) is 49.2 Å². The molecule has 0 unspecified atom stereocenters. The molecule has 1 N–H and O–H groups in total. The second-order valence-corrected chi connectivity index (χ2v) is 6.82. The first kappa shape index (κ1) is 20.3. The quantitative estimate of drug-likeness (QED) is 0.666. The van der Waals surface area contributed by atoms with Crippen LogP contribution in [0.4, 0.5) is 5.69 Å². The molecule has 0 spiro atoms. The Morgan fingerprint density at radius 2 is 1.77 bits per heavy atom. The summed E-state index contributed by atoms with van der Waals surface area (Å²) < 4.78 is 5.90. The molecule has 0 heterocycles. The minimum Gasteiger partial charge on any atom is -0.490 e. The Kier molecular flexibility index (Phi) is 8.51. The Bertz CT molecular complexity index is 685. The summed E-state index contributed by atoms with van der Waals surface area (Å²) in [6.45, 7) is 7.75. The van der Waals surface area contributed by atoms with Crippen molar-refractivity contribution in [2.75, 3.05) is 37.8 Å². The molecule has 0 saturated heterocycles. The number of hydrogen-bond acceptors (Lipinski definition) is 4. The maximum Gasteiger partial charge on any atom is 0.255 e. The van der Waals surface area contributed by atoms with Crippen LogP contribution in [0, 0.1) is 0 Å². The van der Waals surface area contributed by atoms with Crippen LogP contribution >= 0.6 is 11.8 Å². The van der Waals surface area contributed by atoms with Gasteiger partial charge in [-0.3, -0.25) is 4.79 Å². The maximum atomic E-state index is 12.5. The second kappa shape index (κ2) is 10.9. The van der Waals surface area contributed by atoms with Crippen LogP contribution in [-0.4, -0.2) is 43.3 Å². The van der Waals surface area contributed by atoms with Gasteiger partial charge in [0, 0.05) is 17.9 Å². The third-order valence-electron chi connectivity index (χ3n) is 4.22. The first-order chi connectivity index (χ1) is 12.7. The summed E-state index contributed by atoms with van der Waals surface area (Å²) in [7, 11) is 0. The molecule has 0 radical (unpaired) electrons. The number of ether oxygens (including phenoxy) is 1. The summed E-state index contributed by atoms with van der Waals surface area (Å²) in [5.74, 6) is 1.53. The van der Waals surface area contributed by atoms with Crippen molar-refractivity contribution in [2.45, 2.75) is 19.6 Å². The van der Waals surface area contributed by atoms with E-state index >= 15 is 0 Å². The van der Waals surface area contributed by atoms with Gasteiger partial charge in [-0.15, -0.1) is 0 Å². The molecule has 0 atom stereocenters. The molecule has 4 nitrogen and oxygen atoms in total. The lowest BCUT2D eigenvalue weighted by Gasteiger charge is -2.19. The van der Waals surface area contributed by atoms with E-state index in [0.717, 1.165) is 25.4 Å². The number of hydrogen-bond donors (Lipinski definition) is 1. The van der Waals surface area contributed by atoms with Crippen LogP contribution in [-0.2, 0) is 5.75 Å². The number of amides is 1. The van der Waals surface area contributed by atoms with Gasteiger partial charge in [-0.25, -0.2) is 0 Å². The molecular weight excluding hydrogens is 344 g/mol. The molecule has 0 bridgehead atoms. The molecule has 0 aliphatic rings. The zero-order chi connectivity index (χ0) is 18.8. The minimum absolute atomic E-state index is 0.125. The Balaban J connectivity index is 1.99. The third-order valence-corrected chi connectivity index (χ3v) is 4.84. The standard InChI is InChI=1S/C21H28N2O2S/c1-4-23(5-2)14-15-25-20-9-7-6-8-19(20)22-21(24)18-12-10-17(11-13-18)16-26-3/h6-13H,4-5,14-16H2,1-3H3,(H,22,24). The summed E-state index contributed by atoms with van der Waals surface area (Å²) in [6.07, 6.45) is 2.07. The SMILES string of the molecule is CCN(CC)CCOc1ccccc1NC(=O)c1ccc(CSC)cc1. The van der Waals surface area contributed by atoms with Crippen LogP contribution in [0.5, 0.6) is 5.75 Å². The van der Waals surface area contributed by atoms with E-state index in [1.807, 2.05) is 48.5 Å². The van der Waals surface area contributed by atoms with Crippen molar-refractivity contribution in [1.29, 1.82) is 0 Å². The largest absolute Gasteiger partial charge is 0.490 e. The smallest absolute Gasteiger partial charge is 0.255 e. The van der Waals surface area contributed by atoms with Crippen LogP contribution in [0.1, 0.15) is 29.8 Å². The number of thioether (sulfide) groups is 1. The number of carbonyl (C=O) groups is 1. The van der Waals surface area contributed by atoms with Crippen molar-refractivity contribution in [3.8, 4) is 5.75 Å². The van der Waals surface area contributed by atoms with E-state index in [-0.39, 0.29) is 5.91 Å². The lowest BCUT2D eigenvalue weighted by atomic mass is 10.1. The summed E-state index contributed by atoms with van der Waals surface area (Å²) in [5.41, 5.74) is 2.56. The molecule has 2 rings (SSSR count). The van der Waals surface area contributed by atoms with Crippen molar-refractivity contribution in [2.24, 2.45) is 0 Å². The summed E-state index contributed by atoms with van der Waals surface area (Å²) in [4.78, 5) is 14.8. The molecule has 5 heteroatoms. The molecule has 0 aliphatic heterocycles. The van der Waals surface area contributed by atoms with Crippen molar-refractivity contribution in [1.82, 2.24) is 4.90 Å². The van der Waals surface area contributed by atoms with E-state index in [1.165, 1.54) is 5.56 Å². The topological polar surface area (TPSA) is 41.6 Å². The fourth-order valence-corrected chi connectivity index (χ4v) is 3.16. The summed E-state index contributed by atoms with van der Waals surface area (Å²) in [5, 5.41) is 2.96. The summed E-state index contributed by atoms with van der Waals surface area (Å²) in [6, 6.07) is 15.3. The Morgan fingerprint density at radius 1 is 1.08 bits per heavy atom. The zero-order valence-corrected chi connectivity index (χ0v) is 16.6. The molecule has 140 valence electrons. The van der Waals surface area contributed by atoms with Crippen molar-refractivity contribution in [3.05, 3.63) is 59.7 Å². The van der Waals surface area contributed by atoms with Gasteiger partial charge in [0.05, 0.1) is 5.69 Å². The normalized spacial score (nSPS) is 10.8. The lowest BCUT2D eigenvalue weighted by Crippen LogP contribution is -2.28. The molecule has 0 aromatic heterocycles. The highest BCUT2D eigenvalue weighted by atomic mass is 32.2. The number of para-hydroxylation sites is 2. The second-order valence-electron chi connectivity index (χ2n) is 5.96. The number of rotatable bonds is 10. The van der Waals surface area contributed by atoms with Gasteiger partial charge in [0.25, 0.3) is 5.91 Å². The molecule has 0 fully saturated rings. The van der Waals surface area contributed by atoms with Crippen LogP contribution in [0.3, 0.4) is 0 Å². The van der Waals surface area contributed by atoms with Gasteiger partial charge in [-0.1, -0.05) is 38.1 Å². The van der Waals surface area contributed by atoms with E-state index in [2.05, 4.69) is 30.3 Å². The van der Waals surface area contributed by atoms with Crippen molar-refractivity contribution >= 4 is 23.4 Å². The Labute approximate surface area is 160 Å². The van der Waals surface area contributed by atoms with Gasteiger partial charge in [0.15, 0.2) is 0 Å². The van der Waals surface area contributed by atoms with Crippen LogP contribution < -0.4 is 10.1 Å². The van der Waals surface area contributed by atoms with Crippen LogP contribution in [0.2, 0.25) is 0 Å². The Morgan fingerprint density at radius 3 is 2.42 bits per heavy atom. The lowest BCUT2D eigenvalue weighted by molar-refractivity contribution is 0.102. The monoisotopic (exact) mass is 372 g/mol. The van der Waals surface area contributed by atoms with Gasteiger partial charge in [0.2, 0.25) is 0 Å². The van der Waals surface area contributed by atoms with E-state index in [4.69, 9.17) is 4.74 Å². The highest BCUT2D eigenvalue weighted by Crippen LogP contribution is 2.24. The average molecular weight is 373 g/mol. The highest BCUT2D eigenvalue weighted by molar-refractivity contribution is 7.97. The molecule has 2 aromatic carbocycles. The number of nitrogens with zero attached hydrogens (tertiary/aromatic N) is 1. The molecule has 0 aliphatic carbocycles. The maximum absolute atomic E-state index is 12.5. The van der Waals surface area contributed by atoms with Crippen molar-refractivity contribution in [3.63, 3.8) is 0 Å². The van der Waals surface area contributed by atoms with E-state index in [1.54, 1.807) is 11.8 Å². The molecule has 26 heavy (non-hydrogen) atoms. The van der Waals surface area contributed by atoms with E-state index in [9.17, 15) is 4.79 Å². The van der Waals surface area contributed by atoms with Gasteiger partial charge in [0.1, 0.15) is 12.4 Å². The van der Waals surface area contributed by atoms with Crippen molar-refractivity contribution < 1.29 is 9.53 Å². The predicted molar refractivity (Wildman–Crippen MR) is 111 cm³/mol. The predicted octanol–water partition coefficient (Wildman–Crippen LogP) is 4.52. The summed E-state index contributed by atoms with van der Waals surface area (Å²) >= 11 is 1.77. The molecular formula is C21H28N2O2S. The number of carbonyl (C=O) groups excluding carboxylic acids is 1. The minimum atomic E-state index is -0.125. The number of benzene rings is 2. The Hall–Kier alpha value is -1.98. The third kappa shape index (κ3) is 6.07. The number of anilines is 1. The highest BCUT2D eigenvalue weighted by Gasteiger charge is 2.10. The van der Waals surface area contributed by atoms with E-state index in [0.29, 0.717) is 23.6 Å². The first-order valence-corrected chi connectivity index (χ1v) is 10.4. The van der Waals surface area contributed by atoms with Gasteiger partial charge in [-0.2, -0.15) is 11.8 Å².